The normalized spacial score (nSPS) is 10.4. The lowest BCUT2D eigenvalue weighted by atomic mass is 9.97. The summed E-state index contributed by atoms with van der Waals surface area (Å²) in [6, 6.07) is 0. The van der Waals surface area contributed by atoms with Crippen LogP contribution in [-0.2, 0) is 0 Å². The third kappa shape index (κ3) is 1.55. The van der Waals surface area contributed by atoms with E-state index in [9.17, 15) is 5.11 Å². The van der Waals surface area contributed by atoms with Gasteiger partial charge in [0, 0.05) is 0 Å². The Balaban J connectivity index is 3.43. The summed E-state index contributed by atoms with van der Waals surface area (Å²) in [7, 11) is 0. The van der Waals surface area contributed by atoms with Crippen LogP contribution in [0, 0.1) is 27.7 Å². The molecule has 0 atom stereocenters. The van der Waals surface area contributed by atoms with Gasteiger partial charge in [0.15, 0.2) is 18.3 Å². The molecule has 1 rings (SSSR count). The highest BCUT2D eigenvalue weighted by Crippen LogP contribution is 2.37. The van der Waals surface area contributed by atoms with E-state index < -0.39 is 6.79 Å². The fourth-order valence-corrected chi connectivity index (χ4v) is 1.50. The largest absolute Gasteiger partial charge is 0.504 e. The van der Waals surface area contributed by atoms with Gasteiger partial charge in [-0.1, -0.05) is 0 Å². The highest BCUT2D eigenvalue weighted by Gasteiger charge is 2.15. The number of phenols is 1. The number of rotatable bonds is 2. The Morgan fingerprint density at radius 1 is 0.929 bits per heavy atom. The third-order valence-electron chi connectivity index (χ3n) is 2.81. The maximum atomic E-state index is 9.78. The third-order valence-corrected chi connectivity index (χ3v) is 2.81. The van der Waals surface area contributed by atoms with E-state index in [1.165, 1.54) is 0 Å². The maximum absolute atomic E-state index is 9.78. The first-order chi connectivity index (χ1) is 6.50. The lowest BCUT2D eigenvalue weighted by Gasteiger charge is -2.16. The summed E-state index contributed by atoms with van der Waals surface area (Å²) in [4.78, 5) is 0. The van der Waals surface area contributed by atoms with E-state index in [1.807, 2.05) is 27.7 Å². The molecule has 0 spiro atoms. The van der Waals surface area contributed by atoms with Crippen LogP contribution in [0.5, 0.6) is 11.5 Å². The lowest BCUT2D eigenvalue weighted by Crippen LogP contribution is -2.01. The molecule has 0 saturated carbocycles. The van der Waals surface area contributed by atoms with Crippen LogP contribution in [0.25, 0.3) is 0 Å². The van der Waals surface area contributed by atoms with Gasteiger partial charge < -0.3 is 14.9 Å². The molecular formula is C11H16O3. The van der Waals surface area contributed by atoms with Crippen LogP contribution in [0.4, 0.5) is 0 Å². The molecular weight excluding hydrogens is 180 g/mol. The van der Waals surface area contributed by atoms with Crippen LogP contribution in [0.1, 0.15) is 22.3 Å². The number of hydrogen-bond acceptors (Lipinski definition) is 3. The van der Waals surface area contributed by atoms with Gasteiger partial charge in [-0.2, -0.15) is 0 Å². The molecule has 3 heteroatoms. The zero-order chi connectivity index (χ0) is 10.9. The maximum Gasteiger partial charge on any atom is 0.186 e. The Morgan fingerprint density at radius 3 is 1.93 bits per heavy atom. The van der Waals surface area contributed by atoms with Gasteiger partial charge in [-0.25, -0.2) is 0 Å². The van der Waals surface area contributed by atoms with Gasteiger partial charge >= 0.3 is 0 Å². The van der Waals surface area contributed by atoms with Crippen molar-refractivity contribution >= 4 is 0 Å². The molecule has 1 aromatic carbocycles. The van der Waals surface area contributed by atoms with E-state index in [0.717, 1.165) is 22.3 Å². The standard InChI is InChI=1S/C11H16O3/c1-6-7(2)9(4)11(14-5-12)10(13)8(6)3/h12-13H,5H2,1-4H3. The molecule has 78 valence electrons. The highest BCUT2D eigenvalue weighted by atomic mass is 16.6. The molecule has 0 radical (unpaired) electrons. The van der Waals surface area contributed by atoms with Gasteiger partial charge in [-0.3, -0.25) is 0 Å². The van der Waals surface area contributed by atoms with Crippen molar-refractivity contribution in [2.24, 2.45) is 0 Å². The second kappa shape index (κ2) is 3.88. The average molecular weight is 196 g/mol. The summed E-state index contributed by atoms with van der Waals surface area (Å²) in [5.41, 5.74) is 3.82. The van der Waals surface area contributed by atoms with Crippen molar-refractivity contribution in [1.82, 2.24) is 0 Å². The molecule has 0 saturated heterocycles. The van der Waals surface area contributed by atoms with Crippen molar-refractivity contribution in [1.29, 1.82) is 0 Å². The van der Waals surface area contributed by atoms with Crippen LogP contribution in [0.3, 0.4) is 0 Å². The molecule has 0 aliphatic heterocycles. The number of ether oxygens (including phenoxy) is 1. The lowest BCUT2D eigenvalue weighted by molar-refractivity contribution is 0.0946. The molecule has 3 nitrogen and oxygen atoms in total. The molecule has 0 unspecified atom stereocenters. The van der Waals surface area contributed by atoms with Gasteiger partial charge in [0.25, 0.3) is 0 Å². The number of benzene rings is 1. The van der Waals surface area contributed by atoms with Crippen LogP contribution >= 0.6 is 0 Å². The molecule has 0 aromatic heterocycles. The van der Waals surface area contributed by atoms with Crippen molar-refractivity contribution in [3.05, 3.63) is 22.3 Å². The minimum absolute atomic E-state index is 0.125. The predicted octanol–water partition coefficient (Wildman–Crippen LogP) is 1.95. The molecule has 1 aromatic rings. The molecule has 14 heavy (non-hydrogen) atoms. The van der Waals surface area contributed by atoms with Crippen LogP contribution in [-0.4, -0.2) is 17.0 Å². The Labute approximate surface area is 84.0 Å². The first-order valence-corrected chi connectivity index (χ1v) is 4.53. The summed E-state index contributed by atoms with van der Waals surface area (Å²) < 4.78 is 4.99. The summed E-state index contributed by atoms with van der Waals surface area (Å²) in [5.74, 6) is 0.507. The monoisotopic (exact) mass is 196 g/mol. The van der Waals surface area contributed by atoms with Gasteiger partial charge in [0.05, 0.1) is 0 Å². The molecule has 0 heterocycles. The fraction of sp³-hybridized carbons (Fsp3) is 0.455. The molecule has 0 amide bonds. The average Bonchev–Trinajstić information content (AvgIpc) is 2.19. The first-order valence-electron chi connectivity index (χ1n) is 4.53. The topological polar surface area (TPSA) is 49.7 Å². The molecule has 2 N–H and O–H groups in total. The molecule has 0 aliphatic rings. The second-order valence-electron chi connectivity index (χ2n) is 3.45. The Hall–Kier alpha value is -1.22. The van der Waals surface area contributed by atoms with E-state index in [2.05, 4.69) is 0 Å². The Bertz CT molecular complexity index is 327. The SMILES string of the molecule is Cc1c(C)c(C)c(OCO)c(O)c1C. The zero-order valence-electron chi connectivity index (χ0n) is 9.01. The van der Waals surface area contributed by atoms with Gasteiger partial charge in [0.2, 0.25) is 0 Å². The Kier molecular flexibility index (Phi) is 3.01. The van der Waals surface area contributed by atoms with E-state index in [1.54, 1.807) is 0 Å². The van der Waals surface area contributed by atoms with Crippen molar-refractivity contribution in [2.45, 2.75) is 27.7 Å². The van der Waals surface area contributed by atoms with Gasteiger partial charge in [-0.05, 0) is 49.9 Å². The van der Waals surface area contributed by atoms with Crippen molar-refractivity contribution in [3.63, 3.8) is 0 Å². The summed E-state index contributed by atoms with van der Waals surface area (Å²) >= 11 is 0. The zero-order valence-corrected chi connectivity index (χ0v) is 9.01. The van der Waals surface area contributed by atoms with Crippen molar-refractivity contribution in [2.75, 3.05) is 6.79 Å². The van der Waals surface area contributed by atoms with E-state index in [0.29, 0.717) is 5.75 Å². The van der Waals surface area contributed by atoms with E-state index in [4.69, 9.17) is 9.84 Å². The van der Waals surface area contributed by atoms with Crippen molar-refractivity contribution < 1.29 is 14.9 Å². The minimum atomic E-state index is -0.420. The minimum Gasteiger partial charge on any atom is -0.504 e. The van der Waals surface area contributed by atoms with Gasteiger partial charge in [-0.15, -0.1) is 0 Å². The Morgan fingerprint density at radius 2 is 1.43 bits per heavy atom. The quantitative estimate of drug-likeness (QED) is 0.711. The summed E-state index contributed by atoms with van der Waals surface area (Å²) in [5, 5.41) is 18.5. The number of aliphatic hydroxyl groups is 1. The predicted molar refractivity (Wildman–Crippen MR) is 54.8 cm³/mol. The van der Waals surface area contributed by atoms with Gasteiger partial charge in [0.1, 0.15) is 0 Å². The molecule has 0 bridgehead atoms. The smallest absolute Gasteiger partial charge is 0.186 e. The fourth-order valence-electron chi connectivity index (χ4n) is 1.50. The second-order valence-corrected chi connectivity index (χ2v) is 3.45. The van der Waals surface area contributed by atoms with Crippen LogP contribution < -0.4 is 4.74 Å². The first kappa shape index (κ1) is 10.9. The molecule has 0 aliphatic carbocycles. The van der Waals surface area contributed by atoms with E-state index >= 15 is 0 Å². The van der Waals surface area contributed by atoms with E-state index in [-0.39, 0.29) is 5.75 Å². The van der Waals surface area contributed by atoms with Crippen molar-refractivity contribution in [3.8, 4) is 11.5 Å². The number of aromatic hydroxyl groups is 1. The molecule has 0 fully saturated rings. The van der Waals surface area contributed by atoms with Crippen LogP contribution in [0.2, 0.25) is 0 Å². The highest BCUT2D eigenvalue weighted by molar-refractivity contribution is 5.57. The van der Waals surface area contributed by atoms with Crippen LogP contribution in [0.15, 0.2) is 0 Å². The number of hydrogen-bond donors (Lipinski definition) is 2. The summed E-state index contributed by atoms with van der Waals surface area (Å²) in [6.07, 6.45) is 0. The number of phenolic OH excluding ortho intramolecular Hbond substituents is 1. The number of aliphatic hydroxyl groups excluding tert-OH is 1. The summed E-state index contributed by atoms with van der Waals surface area (Å²) in [6.45, 7) is 7.21.